The summed E-state index contributed by atoms with van der Waals surface area (Å²) in [6, 6.07) is 14.5. The van der Waals surface area contributed by atoms with E-state index in [0.29, 0.717) is 27.3 Å². The van der Waals surface area contributed by atoms with Crippen LogP contribution in [0.5, 0.6) is 5.75 Å². The van der Waals surface area contributed by atoms with E-state index in [0.717, 1.165) is 10.6 Å². The van der Waals surface area contributed by atoms with Gasteiger partial charge in [-0.1, -0.05) is 71.8 Å². The molecule has 0 saturated heterocycles. The van der Waals surface area contributed by atoms with Gasteiger partial charge in [0.05, 0.1) is 5.02 Å². The number of hydrogen-bond donors (Lipinski definition) is 1. The molecule has 5 nitrogen and oxygen atoms in total. The maximum Gasteiger partial charge on any atom is 0.267 e. The molecule has 134 valence electrons. The van der Waals surface area contributed by atoms with Gasteiger partial charge in [-0.05, 0) is 18.6 Å². The van der Waals surface area contributed by atoms with Crippen LogP contribution in [0.3, 0.4) is 0 Å². The van der Waals surface area contributed by atoms with Crippen LogP contribution in [-0.4, -0.2) is 22.2 Å². The molecule has 8 heteroatoms. The van der Waals surface area contributed by atoms with Gasteiger partial charge in [-0.3, -0.25) is 10.1 Å². The Labute approximate surface area is 164 Å². The zero-order valence-corrected chi connectivity index (χ0v) is 16.1. The number of halogens is 2. The molecule has 0 aliphatic heterocycles. The highest BCUT2D eigenvalue weighted by atomic mass is 35.5. The minimum Gasteiger partial charge on any atom is -0.479 e. The largest absolute Gasteiger partial charge is 0.479 e. The van der Waals surface area contributed by atoms with Gasteiger partial charge in [0.1, 0.15) is 10.8 Å². The minimum atomic E-state index is -0.727. The zero-order valence-electron chi connectivity index (χ0n) is 13.8. The van der Waals surface area contributed by atoms with Crippen LogP contribution >= 0.6 is 34.5 Å². The molecule has 0 unspecified atom stereocenters. The Bertz CT molecular complexity index is 902. The number of aromatic nitrogens is 2. The third kappa shape index (κ3) is 4.52. The average molecular weight is 408 g/mol. The smallest absolute Gasteiger partial charge is 0.267 e. The molecule has 3 aromatic rings. The lowest BCUT2D eigenvalue weighted by Crippen LogP contribution is -2.32. The van der Waals surface area contributed by atoms with Crippen molar-refractivity contribution in [3.8, 4) is 16.3 Å². The second kappa shape index (κ2) is 8.49. The van der Waals surface area contributed by atoms with Crippen molar-refractivity contribution in [3.05, 3.63) is 58.6 Å². The Morgan fingerprint density at radius 3 is 2.69 bits per heavy atom. The molecule has 0 bridgehead atoms. The predicted octanol–water partition coefficient (Wildman–Crippen LogP) is 5.31. The Hall–Kier alpha value is -2.15. The summed E-state index contributed by atoms with van der Waals surface area (Å²) in [7, 11) is 0. The van der Waals surface area contributed by atoms with Crippen molar-refractivity contribution in [1.29, 1.82) is 0 Å². The van der Waals surface area contributed by atoms with Gasteiger partial charge in [0, 0.05) is 16.7 Å². The third-order valence-electron chi connectivity index (χ3n) is 3.50. The topological polar surface area (TPSA) is 64.1 Å². The standard InChI is InChI=1S/C18H15Cl2N3O2S/c1-2-14(25-15-10-12(19)8-9-13(15)20)16(24)21-18-23-22-17(26-18)11-6-4-3-5-7-11/h3-10,14H,2H2,1H3,(H,21,23,24)/t14-/m1/s1. The number of rotatable bonds is 6. The van der Waals surface area contributed by atoms with Crippen LogP contribution < -0.4 is 10.1 Å². The molecule has 0 aliphatic rings. The van der Waals surface area contributed by atoms with Gasteiger partial charge in [0.25, 0.3) is 5.91 Å². The van der Waals surface area contributed by atoms with Crippen molar-refractivity contribution in [2.45, 2.75) is 19.4 Å². The molecule has 0 aliphatic carbocycles. The summed E-state index contributed by atoms with van der Waals surface area (Å²) < 4.78 is 5.73. The van der Waals surface area contributed by atoms with E-state index < -0.39 is 6.10 Å². The van der Waals surface area contributed by atoms with E-state index >= 15 is 0 Å². The minimum absolute atomic E-state index is 0.320. The van der Waals surface area contributed by atoms with Gasteiger partial charge >= 0.3 is 0 Å². The average Bonchev–Trinajstić information content (AvgIpc) is 3.11. The first-order valence-electron chi connectivity index (χ1n) is 7.88. The van der Waals surface area contributed by atoms with Crippen molar-refractivity contribution in [3.63, 3.8) is 0 Å². The highest BCUT2D eigenvalue weighted by Gasteiger charge is 2.21. The molecule has 1 heterocycles. The molecule has 0 radical (unpaired) electrons. The molecule has 26 heavy (non-hydrogen) atoms. The highest BCUT2D eigenvalue weighted by molar-refractivity contribution is 7.18. The summed E-state index contributed by atoms with van der Waals surface area (Å²) >= 11 is 13.4. The summed E-state index contributed by atoms with van der Waals surface area (Å²) in [4.78, 5) is 12.5. The van der Waals surface area contributed by atoms with E-state index in [1.54, 1.807) is 18.2 Å². The number of carbonyl (C=O) groups excluding carboxylic acids is 1. The van der Waals surface area contributed by atoms with Crippen LogP contribution in [-0.2, 0) is 4.79 Å². The van der Waals surface area contributed by atoms with E-state index in [4.69, 9.17) is 27.9 Å². The summed E-state index contributed by atoms with van der Waals surface area (Å²) in [5.74, 6) is 0.0442. The Balaban J connectivity index is 1.70. The number of benzene rings is 2. The van der Waals surface area contributed by atoms with Crippen molar-refractivity contribution < 1.29 is 9.53 Å². The van der Waals surface area contributed by atoms with Gasteiger partial charge in [0.15, 0.2) is 6.10 Å². The number of nitrogens with zero attached hydrogens (tertiary/aromatic N) is 2. The number of hydrogen-bond acceptors (Lipinski definition) is 5. The Kier molecular flexibility index (Phi) is 6.08. The molecular formula is C18H15Cl2N3O2S. The summed E-state index contributed by atoms with van der Waals surface area (Å²) in [5, 5.41) is 12.9. The SMILES string of the molecule is CC[C@@H](Oc1cc(Cl)ccc1Cl)C(=O)Nc1nnc(-c2ccccc2)s1. The van der Waals surface area contributed by atoms with E-state index in [2.05, 4.69) is 15.5 Å². The quantitative estimate of drug-likeness (QED) is 0.601. The molecule has 1 aromatic heterocycles. The van der Waals surface area contributed by atoms with Gasteiger partial charge in [0.2, 0.25) is 5.13 Å². The predicted molar refractivity (Wildman–Crippen MR) is 105 cm³/mol. The van der Waals surface area contributed by atoms with Crippen LogP contribution in [0.4, 0.5) is 5.13 Å². The molecule has 1 amide bonds. The van der Waals surface area contributed by atoms with Crippen molar-refractivity contribution in [2.75, 3.05) is 5.32 Å². The summed E-state index contributed by atoms with van der Waals surface area (Å²) in [5.41, 5.74) is 0.944. The summed E-state index contributed by atoms with van der Waals surface area (Å²) in [6.07, 6.45) is -0.269. The molecule has 0 saturated carbocycles. The van der Waals surface area contributed by atoms with Crippen LogP contribution in [0.15, 0.2) is 48.5 Å². The summed E-state index contributed by atoms with van der Waals surface area (Å²) in [6.45, 7) is 1.85. The number of amides is 1. The molecule has 0 fully saturated rings. The number of anilines is 1. The normalized spacial score (nSPS) is 11.8. The van der Waals surface area contributed by atoms with E-state index in [1.807, 2.05) is 37.3 Å². The van der Waals surface area contributed by atoms with Crippen LogP contribution in [0, 0.1) is 0 Å². The van der Waals surface area contributed by atoms with Crippen LogP contribution in [0.1, 0.15) is 13.3 Å². The fourth-order valence-electron chi connectivity index (χ4n) is 2.20. The molecule has 1 atom stereocenters. The van der Waals surface area contributed by atoms with Gasteiger partial charge in [-0.25, -0.2) is 0 Å². The second-order valence-electron chi connectivity index (χ2n) is 5.36. The number of nitrogens with one attached hydrogen (secondary N) is 1. The molecule has 3 rings (SSSR count). The first-order valence-corrected chi connectivity index (χ1v) is 9.45. The fraction of sp³-hybridized carbons (Fsp3) is 0.167. The van der Waals surface area contributed by atoms with Crippen LogP contribution in [0.2, 0.25) is 10.0 Å². The van der Waals surface area contributed by atoms with Crippen molar-refractivity contribution in [1.82, 2.24) is 10.2 Å². The van der Waals surface area contributed by atoms with Crippen molar-refractivity contribution >= 4 is 45.6 Å². The molecular weight excluding hydrogens is 393 g/mol. The van der Waals surface area contributed by atoms with Gasteiger partial charge < -0.3 is 4.74 Å². The molecule has 0 spiro atoms. The van der Waals surface area contributed by atoms with Gasteiger partial charge in [-0.15, -0.1) is 10.2 Å². The maximum absolute atomic E-state index is 12.5. The zero-order chi connectivity index (χ0) is 18.5. The first-order chi connectivity index (χ1) is 12.6. The third-order valence-corrected chi connectivity index (χ3v) is 4.94. The Morgan fingerprint density at radius 1 is 1.19 bits per heavy atom. The highest BCUT2D eigenvalue weighted by Crippen LogP contribution is 2.30. The first kappa shape index (κ1) is 18.6. The Morgan fingerprint density at radius 2 is 1.96 bits per heavy atom. The second-order valence-corrected chi connectivity index (χ2v) is 7.18. The lowest BCUT2D eigenvalue weighted by Gasteiger charge is -2.17. The van der Waals surface area contributed by atoms with Gasteiger partial charge in [-0.2, -0.15) is 0 Å². The lowest BCUT2D eigenvalue weighted by atomic mass is 10.2. The molecule has 1 N–H and O–H groups in total. The van der Waals surface area contributed by atoms with Crippen molar-refractivity contribution in [2.24, 2.45) is 0 Å². The van der Waals surface area contributed by atoms with E-state index in [1.165, 1.54) is 11.3 Å². The number of carbonyl (C=O) groups is 1. The number of ether oxygens (including phenoxy) is 1. The van der Waals surface area contributed by atoms with Crippen LogP contribution in [0.25, 0.3) is 10.6 Å². The lowest BCUT2D eigenvalue weighted by molar-refractivity contribution is -0.122. The van der Waals surface area contributed by atoms with E-state index in [-0.39, 0.29) is 5.91 Å². The monoisotopic (exact) mass is 407 g/mol. The molecule has 2 aromatic carbocycles. The van der Waals surface area contributed by atoms with E-state index in [9.17, 15) is 4.79 Å². The fourth-order valence-corrected chi connectivity index (χ4v) is 3.28. The maximum atomic E-state index is 12.5.